The minimum Gasteiger partial charge on any atom is -0.352 e. The Morgan fingerprint density at radius 3 is 2.79 bits per heavy atom. The Morgan fingerprint density at radius 1 is 1.33 bits per heavy atom. The maximum absolute atomic E-state index is 12.4. The molecule has 2 amide bonds. The standard InChI is InChI=1S/C18H18BrN3O2/c1-12-2-3-16(15(19)8-12)22-11-14(9-17(22)23)18(24)21-10-13-4-6-20-7-5-13/h2-8,14H,9-11H2,1H3,(H,21,24). The Hall–Kier alpha value is -2.21. The molecule has 2 aromatic rings. The number of amides is 2. The minimum atomic E-state index is -0.326. The van der Waals surface area contributed by atoms with Gasteiger partial charge in [-0.2, -0.15) is 0 Å². The van der Waals surface area contributed by atoms with E-state index in [1.807, 2.05) is 37.3 Å². The van der Waals surface area contributed by atoms with Crippen LogP contribution in [0.4, 0.5) is 5.69 Å². The molecule has 1 aliphatic heterocycles. The lowest BCUT2D eigenvalue weighted by Crippen LogP contribution is -2.32. The summed E-state index contributed by atoms with van der Waals surface area (Å²) in [6, 6.07) is 9.56. The molecule has 0 spiro atoms. The molecule has 1 N–H and O–H groups in total. The third-order valence-corrected chi connectivity index (χ3v) is 4.74. The van der Waals surface area contributed by atoms with Crippen molar-refractivity contribution >= 4 is 33.4 Å². The molecule has 124 valence electrons. The van der Waals surface area contributed by atoms with Gasteiger partial charge in [-0.3, -0.25) is 14.6 Å². The monoisotopic (exact) mass is 387 g/mol. The summed E-state index contributed by atoms with van der Waals surface area (Å²) < 4.78 is 0.869. The van der Waals surface area contributed by atoms with Crippen LogP contribution in [-0.2, 0) is 16.1 Å². The van der Waals surface area contributed by atoms with Crippen LogP contribution in [0.3, 0.4) is 0 Å². The zero-order chi connectivity index (χ0) is 17.1. The van der Waals surface area contributed by atoms with Crippen molar-refractivity contribution < 1.29 is 9.59 Å². The highest BCUT2D eigenvalue weighted by Gasteiger charge is 2.35. The van der Waals surface area contributed by atoms with Gasteiger partial charge in [-0.05, 0) is 58.2 Å². The van der Waals surface area contributed by atoms with Gasteiger partial charge >= 0.3 is 0 Å². The number of hydrogen-bond acceptors (Lipinski definition) is 3. The summed E-state index contributed by atoms with van der Waals surface area (Å²) >= 11 is 3.50. The van der Waals surface area contributed by atoms with E-state index < -0.39 is 0 Å². The first-order valence-corrected chi connectivity index (χ1v) is 8.57. The van der Waals surface area contributed by atoms with Crippen molar-refractivity contribution in [3.8, 4) is 0 Å². The van der Waals surface area contributed by atoms with Gasteiger partial charge in [-0.1, -0.05) is 6.07 Å². The van der Waals surface area contributed by atoms with Crippen LogP contribution in [0, 0.1) is 12.8 Å². The average molecular weight is 388 g/mol. The maximum atomic E-state index is 12.4. The molecule has 24 heavy (non-hydrogen) atoms. The molecule has 0 radical (unpaired) electrons. The summed E-state index contributed by atoms with van der Waals surface area (Å²) in [6.07, 6.45) is 3.62. The number of carbonyl (C=O) groups is 2. The second-order valence-corrected chi connectivity index (χ2v) is 6.79. The Morgan fingerprint density at radius 2 is 2.08 bits per heavy atom. The molecule has 0 bridgehead atoms. The number of pyridine rings is 1. The zero-order valence-electron chi connectivity index (χ0n) is 13.3. The predicted molar refractivity (Wildman–Crippen MR) is 95.4 cm³/mol. The lowest BCUT2D eigenvalue weighted by atomic mass is 10.1. The van der Waals surface area contributed by atoms with E-state index in [0.29, 0.717) is 13.1 Å². The van der Waals surface area contributed by atoms with Gasteiger partial charge in [0.05, 0.1) is 11.6 Å². The SMILES string of the molecule is Cc1ccc(N2CC(C(=O)NCc3ccncc3)CC2=O)c(Br)c1. The number of halogens is 1. The molecule has 0 saturated carbocycles. The third kappa shape index (κ3) is 3.64. The molecule has 3 rings (SSSR count). The topological polar surface area (TPSA) is 62.3 Å². The van der Waals surface area contributed by atoms with E-state index in [4.69, 9.17) is 0 Å². The molecule has 1 aliphatic rings. The van der Waals surface area contributed by atoms with Crippen LogP contribution in [0.15, 0.2) is 47.2 Å². The number of nitrogens with one attached hydrogen (secondary N) is 1. The predicted octanol–water partition coefficient (Wildman–Crippen LogP) is 2.82. The number of aryl methyl sites for hydroxylation is 1. The van der Waals surface area contributed by atoms with Crippen molar-refractivity contribution in [3.05, 3.63) is 58.3 Å². The van der Waals surface area contributed by atoms with E-state index in [1.165, 1.54) is 0 Å². The minimum absolute atomic E-state index is 0.0244. The molecular weight excluding hydrogens is 370 g/mol. The fourth-order valence-electron chi connectivity index (χ4n) is 2.78. The second-order valence-electron chi connectivity index (χ2n) is 5.93. The van der Waals surface area contributed by atoms with Crippen LogP contribution < -0.4 is 10.2 Å². The molecule has 1 aromatic carbocycles. The maximum Gasteiger partial charge on any atom is 0.227 e. The van der Waals surface area contributed by atoms with E-state index in [9.17, 15) is 9.59 Å². The van der Waals surface area contributed by atoms with Crippen molar-refractivity contribution in [3.63, 3.8) is 0 Å². The average Bonchev–Trinajstić information content (AvgIpc) is 2.95. The number of aromatic nitrogens is 1. The van der Waals surface area contributed by atoms with Crippen LogP contribution in [0.1, 0.15) is 17.5 Å². The number of carbonyl (C=O) groups excluding carboxylic acids is 2. The van der Waals surface area contributed by atoms with Gasteiger partial charge < -0.3 is 10.2 Å². The van der Waals surface area contributed by atoms with Crippen molar-refractivity contribution in [2.45, 2.75) is 19.9 Å². The van der Waals surface area contributed by atoms with Gasteiger partial charge in [0.1, 0.15) is 0 Å². The molecule has 1 fully saturated rings. The van der Waals surface area contributed by atoms with Crippen molar-refractivity contribution in [2.24, 2.45) is 5.92 Å². The fourth-order valence-corrected chi connectivity index (χ4v) is 3.49. The molecule has 0 aliphatic carbocycles. The summed E-state index contributed by atoms with van der Waals surface area (Å²) in [6.45, 7) is 2.85. The Labute approximate surface area is 149 Å². The lowest BCUT2D eigenvalue weighted by molar-refractivity contribution is -0.126. The fraction of sp³-hybridized carbons (Fsp3) is 0.278. The third-order valence-electron chi connectivity index (χ3n) is 4.11. The van der Waals surface area contributed by atoms with E-state index >= 15 is 0 Å². The van der Waals surface area contributed by atoms with E-state index in [0.717, 1.165) is 21.3 Å². The summed E-state index contributed by atoms with van der Waals surface area (Å²) in [5.74, 6) is -0.443. The van der Waals surface area contributed by atoms with E-state index in [2.05, 4.69) is 26.2 Å². The molecule has 6 heteroatoms. The van der Waals surface area contributed by atoms with Gasteiger partial charge in [0.15, 0.2) is 0 Å². The van der Waals surface area contributed by atoms with Crippen LogP contribution in [0.25, 0.3) is 0 Å². The van der Waals surface area contributed by atoms with E-state index in [-0.39, 0.29) is 24.2 Å². The number of nitrogens with zero attached hydrogens (tertiary/aromatic N) is 2. The van der Waals surface area contributed by atoms with Crippen molar-refractivity contribution in [1.29, 1.82) is 0 Å². The molecule has 1 atom stereocenters. The Bertz CT molecular complexity index is 764. The summed E-state index contributed by atoms with van der Waals surface area (Å²) in [5.41, 5.74) is 2.92. The zero-order valence-corrected chi connectivity index (χ0v) is 14.9. The summed E-state index contributed by atoms with van der Waals surface area (Å²) in [7, 11) is 0. The molecule has 1 unspecified atom stereocenters. The summed E-state index contributed by atoms with van der Waals surface area (Å²) in [4.78, 5) is 30.3. The normalized spacial score (nSPS) is 17.2. The van der Waals surface area contributed by atoms with Gasteiger partial charge in [0, 0.05) is 36.4 Å². The Kier molecular flexibility index (Phi) is 4.94. The van der Waals surface area contributed by atoms with Crippen LogP contribution >= 0.6 is 15.9 Å². The lowest BCUT2D eigenvalue weighted by Gasteiger charge is -2.18. The first-order valence-electron chi connectivity index (χ1n) is 7.77. The molecule has 1 aromatic heterocycles. The van der Waals surface area contributed by atoms with Gasteiger partial charge in [0.25, 0.3) is 0 Å². The van der Waals surface area contributed by atoms with Crippen LogP contribution in [-0.4, -0.2) is 23.3 Å². The first-order chi connectivity index (χ1) is 11.5. The number of anilines is 1. The highest BCUT2D eigenvalue weighted by Crippen LogP contribution is 2.32. The molecule has 2 heterocycles. The first kappa shape index (κ1) is 16.6. The largest absolute Gasteiger partial charge is 0.352 e. The van der Waals surface area contributed by atoms with Gasteiger partial charge in [0.2, 0.25) is 11.8 Å². The number of rotatable bonds is 4. The smallest absolute Gasteiger partial charge is 0.227 e. The quantitative estimate of drug-likeness (QED) is 0.876. The molecule has 1 saturated heterocycles. The van der Waals surface area contributed by atoms with E-state index in [1.54, 1.807) is 17.3 Å². The van der Waals surface area contributed by atoms with Gasteiger partial charge in [-0.25, -0.2) is 0 Å². The molecular formula is C18H18BrN3O2. The van der Waals surface area contributed by atoms with Crippen LogP contribution in [0.2, 0.25) is 0 Å². The Balaban J connectivity index is 1.64. The number of benzene rings is 1. The van der Waals surface area contributed by atoms with Gasteiger partial charge in [-0.15, -0.1) is 0 Å². The molecule has 5 nitrogen and oxygen atoms in total. The highest BCUT2D eigenvalue weighted by atomic mass is 79.9. The second kappa shape index (κ2) is 7.13. The van der Waals surface area contributed by atoms with Crippen molar-refractivity contribution in [2.75, 3.05) is 11.4 Å². The number of hydrogen-bond donors (Lipinski definition) is 1. The summed E-state index contributed by atoms with van der Waals surface area (Å²) in [5, 5.41) is 2.90. The highest BCUT2D eigenvalue weighted by molar-refractivity contribution is 9.10. The van der Waals surface area contributed by atoms with Crippen LogP contribution in [0.5, 0.6) is 0 Å². The van der Waals surface area contributed by atoms with Crippen molar-refractivity contribution in [1.82, 2.24) is 10.3 Å².